The van der Waals surface area contributed by atoms with Crippen molar-refractivity contribution < 1.29 is 9.53 Å². The predicted molar refractivity (Wildman–Crippen MR) is 66.8 cm³/mol. The van der Waals surface area contributed by atoms with E-state index in [4.69, 9.17) is 4.74 Å². The molecule has 2 fully saturated rings. The molecule has 2 aliphatic heterocycles. The van der Waals surface area contributed by atoms with Crippen LogP contribution in [0.2, 0.25) is 0 Å². The average Bonchev–Trinajstić information content (AvgIpc) is 2.53. The SMILES string of the molecule is CCOC(=O)CC1(NC)CC2CCC(C1)N2C. The van der Waals surface area contributed by atoms with Crippen molar-refractivity contribution in [2.45, 2.75) is 56.7 Å². The van der Waals surface area contributed by atoms with Crippen molar-refractivity contribution in [3.8, 4) is 0 Å². The Hall–Kier alpha value is -0.610. The first-order valence-electron chi connectivity index (χ1n) is 6.66. The van der Waals surface area contributed by atoms with Crippen molar-refractivity contribution >= 4 is 5.97 Å². The van der Waals surface area contributed by atoms with E-state index in [9.17, 15) is 4.79 Å². The highest BCUT2D eigenvalue weighted by atomic mass is 16.5. The normalized spacial score (nSPS) is 37.1. The number of ether oxygens (including phenoxy) is 1. The van der Waals surface area contributed by atoms with E-state index in [0.29, 0.717) is 25.1 Å². The molecule has 0 aromatic heterocycles. The molecule has 2 aliphatic rings. The lowest BCUT2D eigenvalue weighted by Crippen LogP contribution is -2.56. The summed E-state index contributed by atoms with van der Waals surface area (Å²) in [5.74, 6) is -0.0641. The molecular weight excluding hydrogens is 216 g/mol. The van der Waals surface area contributed by atoms with Crippen LogP contribution in [0.15, 0.2) is 0 Å². The Bertz CT molecular complexity index is 279. The van der Waals surface area contributed by atoms with Gasteiger partial charge >= 0.3 is 5.97 Å². The molecule has 2 bridgehead atoms. The average molecular weight is 240 g/mol. The second-order valence-corrected chi connectivity index (χ2v) is 5.47. The molecule has 2 rings (SSSR count). The summed E-state index contributed by atoms with van der Waals surface area (Å²) in [6.45, 7) is 2.34. The lowest BCUT2D eigenvalue weighted by molar-refractivity contribution is -0.145. The van der Waals surface area contributed by atoms with Crippen LogP contribution in [0.3, 0.4) is 0 Å². The van der Waals surface area contributed by atoms with Crippen molar-refractivity contribution in [2.24, 2.45) is 0 Å². The summed E-state index contributed by atoms with van der Waals surface area (Å²) in [6, 6.07) is 1.27. The molecule has 0 spiro atoms. The van der Waals surface area contributed by atoms with Gasteiger partial charge < -0.3 is 15.0 Å². The minimum Gasteiger partial charge on any atom is -0.466 e. The molecule has 1 N–H and O–H groups in total. The van der Waals surface area contributed by atoms with Crippen LogP contribution >= 0.6 is 0 Å². The summed E-state index contributed by atoms with van der Waals surface area (Å²) in [7, 11) is 4.19. The summed E-state index contributed by atoms with van der Waals surface area (Å²) in [6.07, 6.45) is 5.18. The summed E-state index contributed by atoms with van der Waals surface area (Å²) >= 11 is 0. The number of esters is 1. The molecule has 2 saturated heterocycles. The zero-order valence-electron chi connectivity index (χ0n) is 11.2. The summed E-state index contributed by atoms with van der Waals surface area (Å²) in [5.41, 5.74) is -0.0371. The Morgan fingerprint density at radius 1 is 1.41 bits per heavy atom. The third-order valence-corrected chi connectivity index (χ3v) is 4.56. The number of hydrogen-bond donors (Lipinski definition) is 1. The van der Waals surface area contributed by atoms with Crippen LogP contribution in [0, 0.1) is 0 Å². The van der Waals surface area contributed by atoms with E-state index in [0.717, 1.165) is 12.8 Å². The molecule has 4 heteroatoms. The number of rotatable bonds is 4. The van der Waals surface area contributed by atoms with Crippen molar-refractivity contribution in [2.75, 3.05) is 20.7 Å². The molecule has 2 unspecified atom stereocenters. The fourth-order valence-electron chi connectivity index (χ4n) is 3.49. The van der Waals surface area contributed by atoms with Gasteiger partial charge in [-0.15, -0.1) is 0 Å². The van der Waals surface area contributed by atoms with Crippen LogP contribution < -0.4 is 5.32 Å². The maximum atomic E-state index is 11.7. The molecule has 0 radical (unpaired) electrons. The molecule has 0 saturated carbocycles. The molecule has 98 valence electrons. The Labute approximate surface area is 104 Å². The highest BCUT2D eigenvalue weighted by Crippen LogP contribution is 2.41. The van der Waals surface area contributed by atoms with Crippen LogP contribution in [0.4, 0.5) is 0 Å². The third-order valence-electron chi connectivity index (χ3n) is 4.56. The van der Waals surface area contributed by atoms with Gasteiger partial charge in [-0.3, -0.25) is 4.79 Å². The number of carbonyl (C=O) groups is 1. The highest BCUT2D eigenvalue weighted by Gasteiger charge is 2.47. The first-order valence-corrected chi connectivity index (χ1v) is 6.66. The van der Waals surface area contributed by atoms with Crippen molar-refractivity contribution in [1.29, 1.82) is 0 Å². The second kappa shape index (κ2) is 4.94. The van der Waals surface area contributed by atoms with Crippen molar-refractivity contribution in [3.63, 3.8) is 0 Å². The van der Waals surface area contributed by atoms with Gasteiger partial charge in [0.25, 0.3) is 0 Å². The zero-order valence-corrected chi connectivity index (χ0v) is 11.2. The van der Waals surface area contributed by atoms with Crippen LogP contribution in [0.1, 0.15) is 39.0 Å². The fraction of sp³-hybridized carbons (Fsp3) is 0.923. The van der Waals surface area contributed by atoms with Crippen LogP contribution in [0.5, 0.6) is 0 Å². The van der Waals surface area contributed by atoms with E-state index in [1.54, 1.807) is 0 Å². The molecule has 0 aromatic carbocycles. The monoisotopic (exact) mass is 240 g/mol. The van der Waals surface area contributed by atoms with Crippen LogP contribution in [-0.2, 0) is 9.53 Å². The Kier molecular flexibility index (Phi) is 3.73. The van der Waals surface area contributed by atoms with Gasteiger partial charge in [0.15, 0.2) is 0 Å². The number of nitrogens with zero attached hydrogens (tertiary/aromatic N) is 1. The summed E-state index contributed by atoms with van der Waals surface area (Å²) in [4.78, 5) is 14.2. The Balaban J connectivity index is 2.03. The Morgan fingerprint density at radius 3 is 2.47 bits per heavy atom. The number of fused-ring (bicyclic) bond motifs is 2. The second-order valence-electron chi connectivity index (χ2n) is 5.47. The zero-order chi connectivity index (χ0) is 12.5. The lowest BCUT2D eigenvalue weighted by atomic mass is 9.80. The molecule has 17 heavy (non-hydrogen) atoms. The first kappa shape index (κ1) is 12.8. The molecule has 4 nitrogen and oxygen atoms in total. The van der Waals surface area contributed by atoms with E-state index in [2.05, 4.69) is 17.3 Å². The fourth-order valence-corrected chi connectivity index (χ4v) is 3.49. The number of piperidine rings is 1. The van der Waals surface area contributed by atoms with Crippen LogP contribution in [0.25, 0.3) is 0 Å². The van der Waals surface area contributed by atoms with E-state index in [1.165, 1.54) is 12.8 Å². The van der Waals surface area contributed by atoms with Crippen molar-refractivity contribution in [1.82, 2.24) is 10.2 Å². The maximum Gasteiger partial charge on any atom is 0.307 e. The van der Waals surface area contributed by atoms with Crippen LogP contribution in [-0.4, -0.2) is 49.2 Å². The number of carbonyl (C=O) groups excluding carboxylic acids is 1. The molecular formula is C13H24N2O2. The van der Waals surface area contributed by atoms with Gasteiger partial charge in [0.1, 0.15) is 0 Å². The number of hydrogen-bond acceptors (Lipinski definition) is 4. The maximum absolute atomic E-state index is 11.7. The molecule has 0 amide bonds. The highest BCUT2D eigenvalue weighted by molar-refractivity contribution is 5.71. The van der Waals surface area contributed by atoms with Gasteiger partial charge in [0.2, 0.25) is 0 Å². The van der Waals surface area contributed by atoms with Gasteiger partial charge in [-0.2, -0.15) is 0 Å². The molecule has 0 aliphatic carbocycles. The van der Waals surface area contributed by atoms with Crippen molar-refractivity contribution in [3.05, 3.63) is 0 Å². The first-order chi connectivity index (χ1) is 8.10. The third kappa shape index (κ3) is 2.47. The summed E-state index contributed by atoms with van der Waals surface area (Å²) in [5, 5.41) is 3.40. The van der Waals surface area contributed by atoms with E-state index in [-0.39, 0.29) is 11.5 Å². The van der Waals surface area contributed by atoms with Gasteiger partial charge in [0, 0.05) is 17.6 Å². The minimum absolute atomic E-state index is 0.0371. The van der Waals surface area contributed by atoms with Gasteiger partial charge in [-0.1, -0.05) is 0 Å². The standard InChI is InChI=1S/C13H24N2O2/c1-4-17-12(16)9-13(14-2)7-10-5-6-11(8-13)15(10)3/h10-11,14H,4-9H2,1-3H3. The van der Waals surface area contributed by atoms with Gasteiger partial charge in [-0.25, -0.2) is 0 Å². The van der Waals surface area contributed by atoms with Gasteiger partial charge in [0.05, 0.1) is 13.0 Å². The largest absolute Gasteiger partial charge is 0.466 e. The van der Waals surface area contributed by atoms with Gasteiger partial charge in [-0.05, 0) is 46.7 Å². The van der Waals surface area contributed by atoms with E-state index < -0.39 is 0 Å². The molecule has 2 heterocycles. The Morgan fingerprint density at radius 2 is 2.00 bits per heavy atom. The minimum atomic E-state index is -0.0641. The smallest absolute Gasteiger partial charge is 0.307 e. The van der Waals surface area contributed by atoms with E-state index in [1.807, 2.05) is 14.0 Å². The molecule has 0 aromatic rings. The lowest BCUT2D eigenvalue weighted by Gasteiger charge is -2.44. The number of nitrogens with one attached hydrogen (secondary N) is 1. The summed E-state index contributed by atoms with van der Waals surface area (Å²) < 4.78 is 5.10. The quantitative estimate of drug-likeness (QED) is 0.749. The topological polar surface area (TPSA) is 41.6 Å². The predicted octanol–water partition coefficient (Wildman–Crippen LogP) is 1.15. The van der Waals surface area contributed by atoms with E-state index >= 15 is 0 Å². The molecule has 2 atom stereocenters.